The average molecular weight is 506 g/mol. The molecule has 2 rings (SSSR count). The van der Waals surface area contributed by atoms with Gasteiger partial charge in [-0.2, -0.15) is 0 Å². The largest absolute Gasteiger partial charge is 0.394 e. The van der Waals surface area contributed by atoms with Crippen LogP contribution in [0.3, 0.4) is 0 Å². The molecule has 0 saturated carbocycles. The molecule has 202 valence electrons. The Morgan fingerprint density at radius 1 is 0.618 bits per heavy atom. The second-order valence-corrected chi connectivity index (χ2v) is 8.14. The van der Waals surface area contributed by atoms with Crippen LogP contribution < -0.4 is 0 Å². The molecule has 2 saturated heterocycles. The first-order valence-corrected chi connectivity index (χ1v) is 10.5. The molecule has 14 atom stereocenters. The monoisotopic (exact) mass is 506 g/mol. The Bertz CT molecular complexity index is 594. The van der Waals surface area contributed by atoms with E-state index in [9.17, 15) is 56.2 Å². The van der Waals surface area contributed by atoms with Crippen molar-refractivity contribution < 1.29 is 80.2 Å². The summed E-state index contributed by atoms with van der Waals surface area (Å²) < 4.78 is 21.0. The summed E-state index contributed by atoms with van der Waals surface area (Å²) in [6.45, 7) is -3.22. The summed E-state index contributed by atoms with van der Waals surface area (Å²) in [5, 5.41) is 117. The van der Waals surface area contributed by atoms with E-state index in [4.69, 9.17) is 24.1 Å². The van der Waals surface area contributed by atoms with E-state index in [1.165, 1.54) is 0 Å². The highest BCUT2D eigenvalue weighted by Crippen LogP contribution is 2.29. The molecule has 0 bridgehead atoms. The molecule has 0 aromatic carbocycles. The van der Waals surface area contributed by atoms with Gasteiger partial charge in [0.1, 0.15) is 73.2 Å². The van der Waals surface area contributed by atoms with Gasteiger partial charge in [0, 0.05) is 0 Å². The maximum atomic E-state index is 10.5. The predicted molar refractivity (Wildman–Crippen MR) is 103 cm³/mol. The fourth-order valence-electron chi connectivity index (χ4n) is 3.55. The van der Waals surface area contributed by atoms with E-state index in [0.717, 1.165) is 0 Å². The Morgan fingerprint density at radius 3 is 1.71 bits per heavy atom. The Hall–Kier alpha value is -0.640. The molecule has 5 unspecified atom stereocenters. The first-order valence-electron chi connectivity index (χ1n) is 10.5. The van der Waals surface area contributed by atoms with Crippen LogP contribution in [-0.2, 0) is 18.9 Å². The number of ether oxygens (including phenoxy) is 4. The van der Waals surface area contributed by atoms with Gasteiger partial charge in [-0.05, 0) is 0 Å². The molecule has 0 radical (unpaired) electrons. The topological polar surface area (TPSA) is 280 Å². The lowest BCUT2D eigenvalue weighted by Gasteiger charge is -2.46. The van der Waals surface area contributed by atoms with E-state index in [2.05, 4.69) is 0 Å². The number of aliphatic hydroxyl groups excluding tert-OH is 12. The average Bonchev–Trinajstić information content (AvgIpc) is 2.84. The van der Waals surface area contributed by atoms with Crippen LogP contribution in [0.25, 0.3) is 0 Å². The van der Waals surface area contributed by atoms with Crippen LogP contribution in [0, 0.1) is 0 Å². The van der Waals surface area contributed by atoms with Crippen molar-refractivity contribution in [3.05, 3.63) is 0 Å². The van der Waals surface area contributed by atoms with Crippen LogP contribution >= 0.6 is 0 Å². The Labute approximate surface area is 193 Å². The zero-order valence-corrected chi connectivity index (χ0v) is 17.9. The van der Waals surface area contributed by atoms with Crippen molar-refractivity contribution in [3.8, 4) is 0 Å². The third-order valence-electron chi connectivity index (χ3n) is 5.72. The summed E-state index contributed by atoms with van der Waals surface area (Å²) in [5.74, 6) is 0. The van der Waals surface area contributed by atoms with Crippen LogP contribution in [0.15, 0.2) is 0 Å². The zero-order valence-electron chi connectivity index (χ0n) is 17.9. The molecule has 0 spiro atoms. The summed E-state index contributed by atoms with van der Waals surface area (Å²) in [5.41, 5.74) is 0. The molecule has 2 heterocycles. The van der Waals surface area contributed by atoms with Crippen molar-refractivity contribution in [2.24, 2.45) is 0 Å². The van der Waals surface area contributed by atoms with Crippen LogP contribution in [0.1, 0.15) is 0 Å². The number of hydrogen-bond acceptors (Lipinski definition) is 16. The van der Waals surface area contributed by atoms with E-state index in [1.54, 1.807) is 0 Å². The quantitative estimate of drug-likeness (QED) is 0.124. The van der Waals surface area contributed by atoms with Gasteiger partial charge in [-0.3, -0.25) is 0 Å². The summed E-state index contributed by atoms with van der Waals surface area (Å²) in [6.07, 6.45) is -24.1. The molecular formula is C18H34O16. The standard InChI is InChI=1S/C18H34O16/c19-1-5(22)9(24)10(25)6(23)4-31-17-15(30)13(28)16(8(3-21)33-17)34-18-14(29)12(27)11(26)7(2-20)32-18/h5-30H,1-4H2/t5?,6-,7-,8?,9-,10-,11-,12?,13-,14?,15?,16+,17-,18-/m1/s1. The minimum atomic E-state index is -1.95. The highest BCUT2D eigenvalue weighted by molar-refractivity contribution is 4.94. The number of rotatable bonds is 11. The van der Waals surface area contributed by atoms with Crippen LogP contribution in [-0.4, -0.2) is 174 Å². The van der Waals surface area contributed by atoms with Crippen molar-refractivity contribution in [3.63, 3.8) is 0 Å². The van der Waals surface area contributed by atoms with E-state index in [1.807, 2.05) is 0 Å². The van der Waals surface area contributed by atoms with Gasteiger partial charge in [0.15, 0.2) is 12.6 Å². The van der Waals surface area contributed by atoms with Crippen molar-refractivity contribution in [1.29, 1.82) is 0 Å². The molecule has 34 heavy (non-hydrogen) atoms. The molecular weight excluding hydrogens is 472 g/mol. The molecule has 0 aromatic heterocycles. The van der Waals surface area contributed by atoms with E-state index >= 15 is 0 Å². The van der Waals surface area contributed by atoms with Crippen molar-refractivity contribution in [1.82, 2.24) is 0 Å². The minimum absolute atomic E-state index is 0.741. The smallest absolute Gasteiger partial charge is 0.187 e. The van der Waals surface area contributed by atoms with Crippen LogP contribution in [0.4, 0.5) is 0 Å². The normalized spacial score (nSPS) is 42.7. The van der Waals surface area contributed by atoms with E-state index < -0.39 is 112 Å². The molecule has 2 aliphatic rings. The van der Waals surface area contributed by atoms with Gasteiger partial charge in [0.2, 0.25) is 0 Å². The summed E-state index contributed by atoms with van der Waals surface area (Å²) in [4.78, 5) is 0. The van der Waals surface area contributed by atoms with Gasteiger partial charge in [-0.15, -0.1) is 0 Å². The maximum Gasteiger partial charge on any atom is 0.187 e. The van der Waals surface area contributed by atoms with Gasteiger partial charge in [-0.1, -0.05) is 0 Å². The summed E-state index contributed by atoms with van der Waals surface area (Å²) >= 11 is 0. The molecule has 0 aliphatic carbocycles. The predicted octanol–water partition coefficient (Wildman–Crippen LogP) is -7.94. The molecule has 2 fully saturated rings. The molecule has 16 nitrogen and oxygen atoms in total. The first-order chi connectivity index (χ1) is 16.0. The van der Waals surface area contributed by atoms with Gasteiger partial charge < -0.3 is 80.2 Å². The second kappa shape index (κ2) is 13.1. The lowest BCUT2D eigenvalue weighted by atomic mass is 9.97. The molecule has 2 aliphatic heterocycles. The second-order valence-electron chi connectivity index (χ2n) is 8.14. The fraction of sp³-hybridized carbons (Fsp3) is 1.00. The first kappa shape index (κ1) is 29.6. The van der Waals surface area contributed by atoms with Gasteiger partial charge >= 0.3 is 0 Å². The number of hydrogen-bond donors (Lipinski definition) is 12. The summed E-state index contributed by atoms with van der Waals surface area (Å²) in [6, 6.07) is 0. The van der Waals surface area contributed by atoms with Crippen molar-refractivity contribution >= 4 is 0 Å². The van der Waals surface area contributed by atoms with E-state index in [0.29, 0.717) is 0 Å². The fourth-order valence-corrected chi connectivity index (χ4v) is 3.55. The maximum absolute atomic E-state index is 10.5. The van der Waals surface area contributed by atoms with Crippen molar-refractivity contribution in [2.75, 3.05) is 26.4 Å². The third kappa shape index (κ3) is 6.56. The lowest BCUT2D eigenvalue weighted by molar-refractivity contribution is -0.360. The minimum Gasteiger partial charge on any atom is -0.394 e. The molecule has 16 heteroatoms. The van der Waals surface area contributed by atoms with Gasteiger partial charge in [0.05, 0.1) is 26.4 Å². The third-order valence-corrected chi connectivity index (χ3v) is 5.72. The Morgan fingerprint density at radius 2 is 1.15 bits per heavy atom. The van der Waals surface area contributed by atoms with Crippen LogP contribution in [0.5, 0.6) is 0 Å². The molecule has 0 amide bonds. The SMILES string of the molecule is OCC(O)[C@@H](O)[C@H](O)[C@H](O)CO[C@@H]1OC(CO)[C@H](O[C@H]2O[C@H](CO)[C@@H](O)C(O)C2O)[C@H](O)C1O. The zero-order chi connectivity index (χ0) is 25.7. The van der Waals surface area contributed by atoms with Gasteiger partial charge in [0.25, 0.3) is 0 Å². The van der Waals surface area contributed by atoms with Crippen molar-refractivity contribution in [2.45, 2.75) is 85.8 Å². The molecule has 0 aromatic rings. The Kier molecular flexibility index (Phi) is 11.4. The molecule has 12 N–H and O–H groups in total. The Balaban J connectivity index is 2.01. The summed E-state index contributed by atoms with van der Waals surface area (Å²) in [7, 11) is 0. The van der Waals surface area contributed by atoms with Gasteiger partial charge in [-0.25, -0.2) is 0 Å². The lowest BCUT2D eigenvalue weighted by Crippen LogP contribution is -2.64. The highest BCUT2D eigenvalue weighted by atomic mass is 16.7. The van der Waals surface area contributed by atoms with Crippen LogP contribution in [0.2, 0.25) is 0 Å². The highest BCUT2D eigenvalue weighted by Gasteiger charge is 2.50. The van der Waals surface area contributed by atoms with E-state index in [-0.39, 0.29) is 0 Å². The number of aliphatic hydroxyl groups is 12.